The molecule has 5 nitrogen and oxygen atoms in total. The number of amides is 1. The highest BCUT2D eigenvalue weighted by atomic mass is 79.9. The standard InChI is InChI=1S/C13H19BrN2O3S/c1-4-16(10(3)9-20(18,19)5-2)13(17)11-6-12(14)8-15-7-11/h6-8,10H,4-5,9H2,1-3H3. The van der Waals surface area contributed by atoms with E-state index in [1.54, 1.807) is 31.0 Å². The molecule has 20 heavy (non-hydrogen) atoms. The van der Waals surface area contributed by atoms with Gasteiger partial charge >= 0.3 is 0 Å². The van der Waals surface area contributed by atoms with Crippen molar-refractivity contribution in [3.05, 3.63) is 28.5 Å². The van der Waals surface area contributed by atoms with E-state index in [4.69, 9.17) is 0 Å². The fourth-order valence-corrected chi connectivity index (χ4v) is 3.44. The molecule has 0 aliphatic heterocycles. The topological polar surface area (TPSA) is 67.3 Å². The fourth-order valence-electron chi connectivity index (χ4n) is 1.93. The second-order valence-corrected chi connectivity index (χ2v) is 7.84. The summed E-state index contributed by atoms with van der Waals surface area (Å²) in [5.74, 6) is -0.147. The molecular formula is C13H19BrN2O3S. The fraction of sp³-hybridized carbons (Fsp3) is 0.538. The first kappa shape index (κ1) is 17.1. The number of hydrogen-bond donors (Lipinski definition) is 0. The summed E-state index contributed by atoms with van der Waals surface area (Å²) < 4.78 is 24.1. The summed E-state index contributed by atoms with van der Waals surface area (Å²) in [4.78, 5) is 17.9. The van der Waals surface area contributed by atoms with Gasteiger partial charge in [-0.25, -0.2) is 8.42 Å². The first-order valence-corrected chi connectivity index (χ1v) is 9.04. The Kier molecular flexibility index (Phi) is 6.13. The molecule has 0 radical (unpaired) electrons. The van der Waals surface area contributed by atoms with Crippen molar-refractivity contribution in [2.75, 3.05) is 18.1 Å². The zero-order valence-corrected chi connectivity index (χ0v) is 14.2. The van der Waals surface area contributed by atoms with E-state index >= 15 is 0 Å². The van der Waals surface area contributed by atoms with Gasteiger partial charge in [-0.05, 0) is 35.8 Å². The van der Waals surface area contributed by atoms with E-state index < -0.39 is 9.84 Å². The van der Waals surface area contributed by atoms with Gasteiger partial charge in [0.1, 0.15) is 0 Å². The molecular weight excluding hydrogens is 344 g/mol. The van der Waals surface area contributed by atoms with E-state index in [9.17, 15) is 13.2 Å². The summed E-state index contributed by atoms with van der Waals surface area (Å²) in [7, 11) is -3.12. The molecule has 0 fully saturated rings. The van der Waals surface area contributed by atoms with Crippen LogP contribution in [0, 0.1) is 0 Å². The van der Waals surface area contributed by atoms with E-state index in [2.05, 4.69) is 20.9 Å². The highest BCUT2D eigenvalue weighted by molar-refractivity contribution is 9.10. The van der Waals surface area contributed by atoms with Gasteiger partial charge in [-0.1, -0.05) is 6.92 Å². The van der Waals surface area contributed by atoms with Gasteiger partial charge in [0.25, 0.3) is 5.91 Å². The summed E-state index contributed by atoms with van der Waals surface area (Å²) in [5.41, 5.74) is 0.446. The monoisotopic (exact) mass is 362 g/mol. The molecule has 1 aromatic heterocycles. The van der Waals surface area contributed by atoms with Gasteiger partial charge in [-0.2, -0.15) is 0 Å². The Balaban J connectivity index is 2.93. The lowest BCUT2D eigenvalue weighted by atomic mass is 10.2. The lowest BCUT2D eigenvalue weighted by Crippen LogP contribution is -2.42. The summed E-state index contributed by atoms with van der Waals surface area (Å²) in [5, 5.41) is 0. The zero-order valence-electron chi connectivity index (χ0n) is 11.8. The Labute approximate surface area is 128 Å². The molecule has 0 spiro atoms. The van der Waals surface area contributed by atoms with E-state index in [-0.39, 0.29) is 23.5 Å². The van der Waals surface area contributed by atoms with Gasteiger partial charge in [0.2, 0.25) is 0 Å². The Bertz CT molecular complexity index is 575. The average molecular weight is 363 g/mol. The van der Waals surface area contributed by atoms with Crippen molar-refractivity contribution in [2.45, 2.75) is 26.8 Å². The van der Waals surface area contributed by atoms with Crippen molar-refractivity contribution < 1.29 is 13.2 Å². The van der Waals surface area contributed by atoms with Crippen LogP contribution >= 0.6 is 15.9 Å². The maximum absolute atomic E-state index is 12.4. The van der Waals surface area contributed by atoms with Gasteiger partial charge in [0.15, 0.2) is 9.84 Å². The van der Waals surface area contributed by atoms with Gasteiger partial charge in [0.05, 0.1) is 11.3 Å². The van der Waals surface area contributed by atoms with E-state index in [1.165, 1.54) is 6.20 Å². The lowest BCUT2D eigenvalue weighted by molar-refractivity contribution is 0.0718. The third-order valence-corrected chi connectivity index (χ3v) is 5.32. The molecule has 0 saturated carbocycles. The van der Waals surface area contributed by atoms with Crippen LogP contribution in [0.15, 0.2) is 22.9 Å². The molecule has 1 heterocycles. The van der Waals surface area contributed by atoms with Crippen LogP contribution in [0.5, 0.6) is 0 Å². The Morgan fingerprint density at radius 2 is 2.05 bits per heavy atom. The van der Waals surface area contributed by atoms with Crippen LogP contribution in [-0.2, 0) is 9.84 Å². The summed E-state index contributed by atoms with van der Waals surface area (Å²) in [6.45, 7) is 5.64. The molecule has 0 aliphatic carbocycles. The number of pyridine rings is 1. The normalized spacial score (nSPS) is 13.0. The van der Waals surface area contributed by atoms with Crippen LogP contribution in [-0.4, -0.2) is 48.3 Å². The molecule has 1 rings (SSSR count). The second kappa shape index (κ2) is 7.17. The van der Waals surface area contributed by atoms with Gasteiger partial charge in [0, 0.05) is 35.2 Å². The molecule has 1 amide bonds. The third kappa shape index (κ3) is 4.56. The van der Waals surface area contributed by atoms with Crippen molar-refractivity contribution >= 4 is 31.7 Å². The van der Waals surface area contributed by atoms with Crippen LogP contribution in [0.1, 0.15) is 31.1 Å². The van der Waals surface area contributed by atoms with Crippen molar-refractivity contribution in [3.8, 4) is 0 Å². The lowest BCUT2D eigenvalue weighted by Gasteiger charge is -2.27. The number of nitrogens with zero attached hydrogens (tertiary/aromatic N) is 2. The zero-order chi connectivity index (χ0) is 15.3. The minimum absolute atomic E-state index is 0.0233. The SMILES string of the molecule is CCN(C(=O)c1cncc(Br)c1)C(C)CS(=O)(=O)CC. The molecule has 112 valence electrons. The molecule has 0 bridgehead atoms. The Hall–Kier alpha value is -0.950. The van der Waals surface area contributed by atoms with E-state index in [0.29, 0.717) is 16.6 Å². The molecule has 0 N–H and O–H groups in total. The Morgan fingerprint density at radius 1 is 1.40 bits per heavy atom. The number of hydrogen-bond acceptors (Lipinski definition) is 4. The summed E-state index contributed by atoms with van der Waals surface area (Å²) in [6, 6.07) is 1.32. The van der Waals surface area contributed by atoms with Crippen LogP contribution in [0.2, 0.25) is 0 Å². The predicted molar refractivity (Wildman–Crippen MR) is 82.4 cm³/mol. The smallest absolute Gasteiger partial charge is 0.255 e. The molecule has 0 aliphatic rings. The van der Waals surface area contributed by atoms with Gasteiger partial charge in [-0.3, -0.25) is 9.78 Å². The average Bonchev–Trinajstić information content (AvgIpc) is 2.38. The molecule has 0 aromatic carbocycles. The molecule has 1 aromatic rings. The summed E-state index contributed by atoms with van der Waals surface area (Å²) in [6.07, 6.45) is 3.08. The van der Waals surface area contributed by atoms with Crippen molar-refractivity contribution in [2.24, 2.45) is 0 Å². The van der Waals surface area contributed by atoms with Crippen LogP contribution in [0.3, 0.4) is 0 Å². The van der Waals surface area contributed by atoms with Gasteiger partial charge < -0.3 is 4.90 Å². The first-order valence-electron chi connectivity index (χ1n) is 6.42. The van der Waals surface area contributed by atoms with Crippen LogP contribution < -0.4 is 0 Å². The molecule has 7 heteroatoms. The molecule has 1 atom stereocenters. The van der Waals surface area contributed by atoms with Crippen molar-refractivity contribution in [1.29, 1.82) is 0 Å². The predicted octanol–water partition coefficient (Wildman–Crippen LogP) is 2.13. The number of sulfone groups is 1. The maximum atomic E-state index is 12.4. The van der Waals surface area contributed by atoms with Crippen molar-refractivity contribution in [3.63, 3.8) is 0 Å². The van der Waals surface area contributed by atoms with Crippen LogP contribution in [0.4, 0.5) is 0 Å². The summed E-state index contributed by atoms with van der Waals surface area (Å²) >= 11 is 3.27. The maximum Gasteiger partial charge on any atom is 0.255 e. The number of aromatic nitrogens is 1. The molecule has 0 saturated heterocycles. The first-order chi connectivity index (χ1) is 9.30. The van der Waals surface area contributed by atoms with E-state index in [0.717, 1.165) is 0 Å². The highest BCUT2D eigenvalue weighted by Gasteiger charge is 2.24. The minimum atomic E-state index is -3.12. The number of carbonyl (C=O) groups excluding carboxylic acids is 1. The minimum Gasteiger partial charge on any atom is -0.335 e. The number of halogens is 1. The van der Waals surface area contributed by atoms with Gasteiger partial charge in [-0.15, -0.1) is 0 Å². The number of rotatable bonds is 6. The Morgan fingerprint density at radius 3 is 2.55 bits per heavy atom. The third-order valence-electron chi connectivity index (χ3n) is 3.02. The number of carbonyl (C=O) groups is 1. The highest BCUT2D eigenvalue weighted by Crippen LogP contribution is 2.14. The molecule has 1 unspecified atom stereocenters. The van der Waals surface area contributed by atoms with E-state index in [1.807, 2.05) is 6.92 Å². The second-order valence-electron chi connectivity index (χ2n) is 4.53. The largest absolute Gasteiger partial charge is 0.335 e. The quantitative estimate of drug-likeness (QED) is 0.777. The van der Waals surface area contributed by atoms with Crippen LogP contribution in [0.25, 0.3) is 0 Å². The van der Waals surface area contributed by atoms with Crippen molar-refractivity contribution in [1.82, 2.24) is 9.88 Å².